The Morgan fingerprint density at radius 2 is 1.84 bits per heavy atom. The van der Waals surface area contributed by atoms with Crippen molar-refractivity contribution < 1.29 is 9.53 Å². The Kier molecular flexibility index (Phi) is 6.75. The van der Waals surface area contributed by atoms with Gasteiger partial charge in [-0.25, -0.2) is 5.84 Å². The summed E-state index contributed by atoms with van der Waals surface area (Å²) in [6.07, 6.45) is 1.49. The number of carbonyl (C=O) groups is 1. The molecule has 5 heteroatoms. The number of ether oxygens (including phenoxy) is 1. The Morgan fingerprint density at radius 3 is 2.32 bits per heavy atom. The van der Waals surface area contributed by atoms with Crippen molar-refractivity contribution in [2.45, 2.75) is 52.7 Å². The zero-order valence-electron chi connectivity index (χ0n) is 12.7. The number of hydrogen-bond acceptors (Lipinski definition) is 4. The maximum absolute atomic E-state index is 11.4. The van der Waals surface area contributed by atoms with Gasteiger partial charge < -0.3 is 9.64 Å². The van der Waals surface area contributed by atoms with E-state index in [0.29, 0.717) is 11.8 Å². The van der Waals surface area contributed by atoms with Crippen LogP contribution in [0.1, 0.15) is 40.5 Å². The van der Waals surface area contributed by atoms with E-state index in [4.69, 9.17) is 10.6 Å². The van der Waals surface area contributed by atoms with Crippen LogP contribution < -0.4 is 11.3 Å². The van der Waals surface area contributed by atoms with Crippen molar-refractivity contribution in [3.63, 3.8) is 0 Å². The second kappa shape index (κ2) is 7.82. The average Bonchev–Trinajstić information content (AvgIpc) is 2.74. The van der Waals surface area contributed by atoms with Crippen molar-refractivity contribution in [2.24, 2.45) is 17.7 Å². The first-order valence-corrected chi connectivity index (χ1v) is 7.30. The zero-order valence-corrected chi connectivity index (χ0v) is 12.7. The van der Waals surface area contributed by atoms with Crippen LogP contribution in [-0.4, -0.2) is 42.6 Å². The second-order valence-corrected chi connectivity index (χ2v) is 6.34. The molecule has 0 spiro atoms. The van der Waals surface area contributed by atoms with Crippen molar-refractivity contribution in [1.29, 1.82) is 0 Å². The maximum atomic E-state index is 11.4. The van der Waals surface area contributed by atoms with Gasteiger partial charge in [0.1, 0.15) is 6.10 Å². The monoisotopic (exact) mass is 271 g/mol. The Hall–Kier alpha value is -0.650. The fraction of sp³-hybridized carbons (Fsp3) is 0.929. The summed E-state index contributed by atoms with van der Waals surface area (Å²) in [7, 11) is 0. The minimum Gasteiger partial charge on any atom is -0.364 e. The Bertz CT molecular complexity index is 272. The first-order valence-electron chi connectivity index (χ1n) is 7.30. The Labute approximate surface area is 116 Å². The van der Waals surface area contributed by atoms with Crippen molar-refractivity contribution in [3.8, 4) is 0 Å². The van der Waals surface area contributed by atoms with Gasteiger partial charge in [-0.15, -0.1) is 0 Å². The van der Waals surface area contributed by atoms with Gasteiger partial charge in [-0.1, -0.05) is 27.7 Å². The summed E-state index contributed by atoms with van der Waals surface area (Å²) in [6.45, 7) is 12.0. The van der Waals surface area contributed by atoms with Gasteiger partial charge in [0.2, 0.25) is 0 Å². The van der Waals surface area contributed by atoms with Crippen LogP contribution in [0.2, 0.25) is 0 Å². The van der Waals surface area contributed by atoms with Gasteiger partial charge in [-0.2, -0.15) is 0 Å². The molecule has 1 aliphatic rings. The molecule has 5 nitrogen and oxygen atoms in total. The fourth-order valence-corrected chi connectivity index (χ4v) is 2.67. The number of amides is 1. The molecule has 1 amide bonds. The highest BCUT2D eigenvalue weighted by Crippen LogP contribution is 2.21. The molecule has 1 rings (SSSR count). The fourth-order valence-electron chi connectivity index (χ4n) is 2.67. The molecular weight excluding hydrogens is 242 g/mol. The summed E-state index contributed by atoms with van der Waals surface area (Å²) in [5, 5.41) is 0. The van der Waals surface area contributed by atoms with Crippen LogP contribution in [0.5, 0.6) is 0 Å². The SMILES string of the molecule is CC(C)CN(CC(C)C)CC1CCC(C(=O)NN)O1. The lowest BCUT2D eigenvalue weighted by Crippen LogP contribution is -2.41. The number of nitrogens with one attached hydrogen (secondary N) is 1. The molecule has 1 aliphatic heterocycles. The van der Waals surface area contributed by atoms with Crippen LogP contribution in [0, 0.1) is 11.8 Å². The molecule has 3 N–H and O–H groups in total. The lowest BCUT2D eigenvalue weighted by molar-refractivity contribution is -0.132. The van der Waals surface area contributed by atoms with E-state index in [1.165, 1.54) is 0 Å². The summed E-state index contributed by atoms with van der Waals surface area (Å²) < 4.78 is 5.77. The third-order valence-electron chi connectivity index (χ3n) is 3.25. The molecule has 1 heterocycles. The van der Waals surface area contributed by atoms with Gasteiger partial charge >= 0.3 is 0 Å². The number of hydrogen-bond donors (Lipinski definition) is 2. The molecule has 0 aromatic heterocycles. The Balaban J connectivity index is 2.44. The highest BCUT2D eigenvalue weighted by atomic mass is 16.5. The summed E-state index contributed by atoms with van der Waals surface area (Å²) >= 11 is 0. The summed E-state index contributed by atoms with van der Waals surface area (Å²) in [5.41, 5.74) is 2.17. The lowest BCUT2D eigenvalue weighted by atomic mass is 10.1. The van der Waals surface area contributed by atoms with Gasteiger partial charge in [-0.3, -0.25) is 10.2 Å². The second-order valence-electron chi connectivity index (χ2n) is 6.34. The quantitative estimate of drug-likeness (QED) is 0.414. The minimum absolute atomic E-state index is 0.153. The molecule has 19 heavy (non-hydrogen) atoms. The first kappa shape index (κ1) is 16.4. The molecule has 0 bridgehead atoms. The molecule has 0 aliphatic carbocycles. The molecule has 2 atom stereocenters. The minimum atomic E-state index is -0.366. The van der Waals surface area contributed by atoms with Gasteiger partial charge in [-0.05, 0) is 24.7 Å². The number of carbonyl (C=O) groups excluding carboxylic acids is 1. The average molecular weight is 271 g/mol. The van der Waals surface area contributed by atoms with Gasteiger partial charge in [0.25, 0.3) is 5.91 Å². The van der Waals surface area contributed by atoms with Crippen molar-refractivity contribution in [3.05, 3.63) is 0 Å². The van der Waals surface area contributed by atoms with Gasteiger partial charge in [0.05, 0.1) is 6.10 Å². The van der Waals surface area contributed by atoms with E-state index in [9.17, 15) is 4.79 Å². The van der Waals surface area contributed by atoms with Crippen LogP contribution >= 0.6 is 0 Å². The standard InChI is InChI=1S/C14H29N3O2/c1-10(2)7-17(8-11(3)4)9-12-5-6-13(19-12)14(18)16-15/h10-13H,5-9,15H2,1-4H3,(H,16,18). The molecule has 0 aromatic carbocycles. The van der Waals surface area contributed by atoms with Crippen molar-refractivity contribution in [2.75, 3.05) is 19.6 Å². The number of nitrogens with zero attached hydrogens (tertiary/aromatic N) is 1. The highest BCUT2D eigenvalue weighted by molar-refractivity contribution is 5.80. The zero-order chi connectivity index (χ0) is 14.4. The van der Waals surface area contributed by atoms with Crippen LogP contribution in [0.25, 0.3) is 0 Å². The molecule has 0 saturated carbocycles. The lowest BCUT2D eigenvalue weighted by Gasteiger charge is -2.28. The largest absolute Gasteiger partial charge is 0.364 e. The van der Waals surface area contributed by atoms with E-state index >= 15 is 0 Å². The predicted molar refractivity (Wildman–Crippen MR) is 76.3 cm³/mol. The molecule has 0 radical (unpaired) electrons. The molecule has 112 valence electrons. The third-order valence-corrected chi connectivity index (χ3v) is 3.25. The maximum Gasteiger partial charge on any atom is 0.263 e. The van der Waals surface area contributed by atoms with E-state index in [0.717, 1.165) is 32.5 Å². The van der Waals surface area contributed by atoms with E-state index in [1.807, 2.05) is 0 Å². The van der Waals surface area contributed by atoms with E-state index in [-0.39, 0.29) is 18.1 Å². The molecule has 1 fully saturated rings. The number of nitrogens with two attached hydrogens (primary N) is 1. The molecular formula is C14H29N3O2. The topological polar surface area (TPSA) is 67.6 Å². The van der Waals surface area contributed by atoms with Crippen LogP contribution in [0.4, 0.5) is 0 Å². The van der Waals surface area contributed by atoms with Gasteiger partial charge in [0, 0.05) is 19.6 Å². The van der Waals surface area contributed by atoms with Gasteiger partial charge in [0.15, 0.2) is 0 Å². The number of rotatable bonds is 7. The van der Waals surface area contributed by atoms with Crippen LogP contribution in [0.15, 0.2) is 0 Å². The van der Waals surface area contributed by atoms with Crippen molar-refractivity contribution >= 4 is 5.91 Å². The third kappa shape index (κ3) is 5.89. The predicted octanol–water partition coefficient (Wildman–Crippen LogP) is 1.14. The molecule has 2 unspecified atom stereocenters. The van der Waals surface area contributed by atoms with Crippen molar-refractivity contribution in [1.82, 2.24) is 10.3 Å². The number of hydrazine groups is 1. The van der Waals surface area contributed by atoms with Crippen LogP contribution in [-0.2, 0) is 9.53 Å². The highest BCUT2D eigenvalue weighted by Gasteiger charge is 2.31. The Morgan fingerprint density at radius 1 is 1.26 bits per heavy atom. The first-order chi connectivity index (χ1) is 8.92. The van der Waals surface area contributed by atoms with Crippen LogP contribution in [0.3, 0.4) is 0 Å². The molecule has 1 saturated heterocycles. The molecule has 0 aromatic rings. The normalized spacial score (nSPS) is 23.6. The summed E-state index contributed by atoms with van der Waals surface area (Å²) in [6, 6.07) is 0. The van der Waals surface area contributed by atoms with E-state index in [1.54, 1.807) is 0 Å². The summed E-state index contributed by atoms with van der Waals surface area (Å²) in [5.74, 6) is 6.22. The summed E-state index contributed by atoms with van der Waals surface area (Å²) in [4.78, 5) is 13.9. The van der Waals surface area contributed by atoms with E-state index in [2.05, 4.69) is 38.0 Å². The van der Waals surface area contributed by atoms with E-state index < -0.39 is 0 Å². The smallest absolute Gasteiger partial charge is 0.263 e.